The molecule has 0 aliphatic carbocycles. The lowest BCUT2D eigenvalue weighted by molar-refractivity contribution is 0.439. The van der Waals surface area contributed by atoms with Crippen molar-refractivity contribution in [3.63, 3.8) is 0 Å². The van der Waals surface area contributed by atoms with Gasteiger partial charge in [-0.3, -0.25) is 0 Å². The molecule has 0 spiro atoms. The third-order valence-corrected chi connectivity index (χ3v) is 8.97. The molecular formula is C45H30N4O. The molecule has 0 radical (unpaired) electrons. The molecule has 9 rings (SSSR count). The molecule has 0 saturated carbocycles. The number of benzene rings is 7. The average Bonchev–Trinajstić information content (AvgIpc) is 3.52. The minimum absolute atomic E-state index is 0.226. The van der Waals surface area contributed by atoms with Crippen LogP contribution in [0.5, 0.6) is 11.8 Å². The lowest BCUT2D eigenvalue weighted by Crippen LogP contribution is -2.03. The number of aromatic nitrogens is 4. The van der Waals surface area contributed by atoms with Crippen molar-refractivity contribution >= 4 is 21.8 Å². The van der Waals surface area contributed by atoms with Gasteiger partial charge in [0.25, 0.3) is 0 Å². The molecule has 2 heterocycles. The van der Waals surface area contributed by atoms with E-state index in [1.807, 2.05) is 78.9 Å². The fraction of sp³-hybridized carbons (Fsp3) is 0. The van der Waals surface area contributed by atoms with Crippen LogP contribution in [0.1, 0.15) is 0 Å². The van der Waals surface area contributed by atoms with Crippen LogP contribution in [0.4, 0.5) is 0 Å². The van der Waals surface area contributed by atoms with E-state index in [0.717, 1.165) is 38.6 Å². The van der Waals surface area contributed by atoms with Gasteiger partial charge in [-0.05, 0) is 58.7 Å². The molecular weight excluding hydrogens is 613 g/mol. The highest BCUT2D eigenvalue weighted by Gasteiger charge is 2.19. The lowest BCUT2D eigenvalue weighted by Gasteiger charge is -2.14. The Hall–Kier alpha value is -6.85. The summed E-state index contributed by atoms with van der Waals surface area (Å²) in [6.07, 6.45) is 0. The van der Waals surface area contributed by atoms with Crippen molar-refractivity contribution in [1.29, 1.82) is 0 Å². The highest BCUT2D eigenvalue weighted by Crippen LogP contribution is 2.40. The molecule has 7 aromatic carbocycles. The van der Waals surface area contributed by atoms with Crippen LogP contribution in [-0.4, -0.2) is 19.5 Å². The number of rotatable bonds is 7. The Kier molecular flexibility index (Phi) is 7.41. The Morgan fingerprint density at radius 3 is 1.26 bits per heavy atom. The van der Waals surface area contributed by atoms with Crippen LogP contribution in [-0.2, 0) is 0 Å². The van der Waals surface area contributed by atoms with Gasteiger partial charge in [-0.2, -0.15) is 9.97 Å². The first-order valence-corrected chi connectivity index (χ1v) is 16.6. The van der Waals surface area contributed by atoms with Gasteiger partial charge < -0.3 is 9.30 Å². The SMILES string of the molecule is c1ccc(-c2ccc3c(c2)c2cc(-c4ccccc4)ccc2n3-c2ccccc2Oc2nc(-c3ccccc3)nc(-c3ccccc3)n2)cc1. The third-order valence-electron chi connectivity index (χ3n) is 8.97. The molecule has 0 aliphatic heterocycles. The zero-order valence-corrected chi connectivity index (χ0v) is 27.0. The van der Waals surface area contributed by atoms with Crippen LogP contribution < -0.4 is 4.74 Å². The average molecular weight is 643 g/mol. The van der Waals surface area contributed by atoms with Gasteiger partial charge in [0.05, 0.1) is 16.7 Å². The van der Waals surface area contributed by atoms with E-state index in [1.165, 1.54) is 22.3 Å². The normalized spacial score (nSPS) is 11.2. The first-order valence-electron chi connectivity index (χ1n) is 16.6. The number of nitrogens with zero attached hydrogens (tertiary/aromatic N) is 4. The molecule has 0 N–H and O–H groups in total. The van der Waals surface area contributed by atoms with Gasteiger partial charge in [-0.25, -0.2) is 4.98 Å². The van der Waals surface area contributed by atoms with E-state index in [1.54, 1.807) is 0 Å². The molecule has 236 valence electrons. The van der Waals surface area contributed by atoms with Crippen molar-refractivity contribution in [1.82, 2.24) is 19.5 Å². The minimum atomic E-state index is 0.226. The lowest BCUT2D eigenvalue weighted by atomic mass is 10.0. The van der Waals surface area contributed by atoms with Crippen LogP contribution in [0, 0.1) is 0 Å². The summed E-state index contributed by atoms with van der Waals surface area (Å²) < 4.78 is 8.94. The summed E-state index contributed by atoms with van der Waals surface area (Å²) in [5.74, 6) is 1.73. The Bertz CT molecular complexity index is 2450. The maximum atomic E-state index is 6.66. The summed E-state index contributed by atoms with van der Waals surface area (Å²) >= 11 is 0. The number of hydrogen-bond donors (Lipinski definition) is 0. The van der Waals surface area contributed by atoms with Crippen LogP contribution >= 0.6 is 0 Å². The summed E-state index contributed by atoms with van der Waals surface area (Å²) in [6.45, 7) is 0. The second kappa shape index (κ2) is 12.6. The molecule has 0 aliphatic rings. The van der Waals surface area contributed by atoms with Gasteiger partial charge in [0, 0.05) is 21.9 Å². The van der Waals surface area contributed by atoms with Gasteiger partial charge in [0.1, 0.15) is 0 Å². The van der Waals surface area contributed by atoms with Crippen molar-refractivity contribution in [2.75, 3.05) is 0 Å². The van der Waals surface area contributed by atoms with Crippen molar-refractivity contribution in [3.05, 3.63) is 182 Å². The molecule has 0 fully saturated rings. The van der Waals surface area contributed by atoms with Crippen LogP contribution in [0.15, 0.2) is 182 Å². The van der Waals surface area contributed by atoms with Gasteiger partial charge in [0.2, 0.25) is 0 Å². The van der Waals surface area contributed by atoms with E-state index < -0.39 is 0 Å². The van der Waals surface area contributed by atoms with E-state index >= 15 is 0 Å². The highest BCUT2D eigenvalue weighted by atomic mass is 16.5. The molecule has 0 amide bonds. The topological polar surface area (TPSA) is 52.8 Å². The molecule has 5 heteroatoms. The number of ether oxygens (including phenoxy) is 1. The summed E-state index contributed by atoms with van der Waals surface area (Å²) in [5.41, 5.74) is 9.49. The Morgan fingerprint density at radius 1 is 0.360 bits per heavy atom. The number of hydrogen-bond acceptors (Lipinski definition) is 4. The molecule has 2 aromatic heterocycles. The second-order valence-corrected chi connectivity index (χ2v) is 12.1. The maximum absolute atomic E-state index is 6.66. The Morgan fingerprint density at radius 2 is 0.780 bits per heavy atom. The van der Waals surface area contributed by atoms with E-state index in [0.29, 0.717) is 17.4 Å². The second-order valence-electron chi connectivity index (χ2n) is 12.1. The van der Waals surface area contributed by atoms with Crippen molar-refractivity contribution in [2.45, 2.75) is 0 Å². The number of para-hydroxylation sites is 2. The predicted molar refractivity (Wildman–Crippen MR) is 202 cm³/mol. The highest BCUT2D eigenvalue weighted by molar-refractivity contribution is 6.11. The van der Waals surface area contributed by atoms with Gasteiger partial charge in [-0.1, -0.05) is 146 Å². The van der Waals surface area contributed by atoms with E-state index in [-0.39, 0.29) is 6.01 Å². The van der Waals surface area contributed by atoms with Crippen molar-refractivity contribution < 1.29 is 4.74 Å². The third kappa shape index (κ3) is 5.47. The zero-order chi connectivity index (χ0) is 33.3. The monoisotopic (exact) mass is 642 g/mol. The summed E-state index contributed by atoms with van der Waals surface area (Å²) in [4.78, 5) is 14.4. The van der Waals surface area contributed by atoms with E-state index in [9.17, 15) is 0 Å². The fourth-order valence-corrected chi connectivity index (χ4v) is 6.56. The molecule has 5 nitrogen and oxygen atoms in total. The molecule has 0 atom stereocenters. The van der Waals surface area contributed by atoms with Gasteiger partial charge in [0.15, 0.2) is 17.4 Å². The molecule has 9 aromatic rings. The fourth-order valence-electron chi connectivity index (χ4n) is 6.56. The summed E-state index contributed by atoms with van der Waals surface area (Å²) in [7, 11) is 0. The summed E-state index contributed by atoms with van der Waals surface area (Å²) in [6, 6.07) is 62.6. The predicted octanol–water partition coefficient (Wildman–Crippen LogP) is 11.4. The Balaban J connectivity index is 1.22. The molecule has 0 bridgehead atoms. The van der Waals surface area contributed by atoms with E-state index in [4.69, 9.17) is 19.7 Å². The quantitative estimate of drug-likeness (QED) is 0.174. The minimum Gasteiger partial charge on any atom is -0.422 e. The zero-order valence-electron chi connectivity index (χ0n) is 27.0. The largest absolute Gasteiger partial charge is 0.422 e. The van der Waals surface area contributed by atoms with Gasteiger partial charge in [-0.15, -0.1) is 0 Å². The van der Waals surface area contributed by atoms with Crippen molar-refractivity contribution in [2.24, 2.45) is 0 Å². The van der Waals surface area contributed by atoms with Crippen molar-refractivity contribution in [3.8, 4) is 62.5 Å². The molecule has 0 unspecified atom stereocenters. The Labute approximate surface area is 289 Å². The van der Waals surface area contributed by atoms with Crippen LogP contribution in [0.25, 0.3) is 72.5 Å². The smallest absolute Gasteiger partial charge is 0.326 e. The van der Waals surface area contributed by atoms with Crippen LogP contribution in [0.2, 0.25) is 0 Å². The maximum Gasteiger partial charge on any atom is 0.326 e. The molecule has 50 heavy (non-hydrogen) atoms. The summed E-state index contributed by atoms with van der Waals surface area (Å²) in [5, 5.41) is 2.32. The first-order chi connectivity index (χ1) is 24.8. The van der Waals surface area contributed by atoms with E-state index in [2.05, 4.69) is 108 Å². The number of fused-ring (bicyclic) bond motifs is 3. The molecule has 0 saturated heterocycles. The standard InChI is InChI=1S/C45H30N4O/c1-5-15-31(16-6-1)35-25-27-39-37(29-35)38-30-36(32-17-7-2-8-18-32)26-28-40(38)49(39)41-23-13-14-24-42(41)50-45-47-43(33-19-9-3-10-20-33)46-44(48-45)34-21-11-4-12-22-34/h1-30H. The van der Waals surface area contributed by atoms with Crippen LogP contribution in [0.3, 0.4) is 0 Å². The first kappa shape index (κ1) is 29.3. The van der Waals surface area contributed by atoms with Gasteiger partial charge >= 0.3 is 6.01 Å².